The van der Waals surface area contributed by atoms with Gasteiger partial charge in [0.25, 0.3) is 0 Å². The number of thiophene rings is 1. The lowest BCUT2D eigenvalue weighted by molar-refractivity contribution is -0.120. The summed E-state index contributed by atoms with van der Waals surface area (Å²) in [5.41, 5.74) is 0.885. The fraction of sp³-hybridized carbons (Fsp3) is 0.538. The maximum Gasteiger partial charge on any atom is 0.346 e. The molecule has 5 nitrogen and oxygen atoms in total. The third-order valence-electron chi connectivity index (χ3n) is 3.33. The van der Waals surface area contributed by atoms with Gasteiger partial charge in [0.1, 0.15) is 4.88 Å². The first-order valence-corrected chi connectivity index (χ1v) is 7.23. The van der Waals surface area contributed by atoms with Crippen LogP contribution in [0.5, 0.6) is 0 Å². The molecule has 19 heavy (non-hydrogen) atoms. The molecular weight excluding hydrogens is 264 g/mol. The summed E-state index contributed by atoms with van der Waals surface area (Å²) in [5, 5.41) is 13.8. The van der Waals surface area contributed by atoms with Crippen LogP contribution < -0.4 is 5.32 Å². The number of nitrogens with zero attached hydrogens (tertiary/aromatic N) is 1. The zero-order valence-corrected chi connectivity index (χ0v) is 11.7. The monoisotopic (exact) mass is 282 g/mol. The molecular formula is C13H18N2O3S. The summed E-state index contributed by atoms with van der Waals surface area (Å²) in [6.45, 7) is 3.99. The van der Waals surface area contributed by atoms with Crippen LogP contribution in [0.3, 0.4) is 0 Å². The van der Waals surface area contributed by atoms with Crippen LogP contribution in [-0.4, -0.2) is 41.0 Å². The summed E-state index contributed by atoms with van der Waals surface area (Å²) in [7, 11) is 0. The SMILES string of the molecule is CC(=O)NC1CCN(Cc2ccsc2C(=O)O)CC1. The van der Waals surface area contributed by atoms with Crippen molar-refractivity contribution < 1.29 is 14.7 Å². The number of likely N-dealkylation sites (tertiary alicyclic amines) is 1. The molecule has 2 N–H and O–H groups in total. The number of piperidine rings is 1. The molecule has 0 atom stereocenters. The minimum absolute atomic E-state index is 0.0180. The summed E-state index contributed by atoms with van der Waals surface area (Å²) in [5.74, 6) is -0.831. The van der Waals surface area contributed by atoms with Crippen LogP contribution in [0.25, 0.3) is 0 Å². The molecule has 104 valence electrons. The zero-order chi connectivity index (χ0) is 13.8. The third-order valence-corrected chi connectivity index (χ3v) is 4.27. The van der Waals surface area contributed by atoms with Crippen molar-refractivity contribution in [3.63, 3.8) is 0 Å². The first-order chi connectivity index (χ1) is 9.06. The molecule has 0 radical (unpaired) electrons. The van der Waals surface area contributed by atoms with Crippen LogP contribution in [0.4, 0.5) is 0 Å². The standard InChI is InChI=1S/C13H18N2O3S/c1-9(16)14-11-2-5-15(6-3-11)8-10-4-7-19-12(10)13(17)18/h4,7,11H,2-3,5-6,8H2,1H3,(H,14,16)(H,17,18). The van der Waals surface area contributed by atoms with E-state index in [1.165, 1.54) is 18.3 Å². The van der Waals surface area contributed by atoms with Gasteiger partial charge < -0.3 is 10.4 Å². The van der Waals surface area contributed by atoms with E-state index in [1.54, 1.807) is 0 Å². The molecule has 1 aromatic rings. The minimum atomic E-state index is -0.849. The Labute approximate surface area is 116 Å². The quantitative estimate of drug-likeness (QED) is 0.879. The Balaban J connectivity index is 1.87. The lowest BCUT2D eigenvalue weighted by Crippen LogP contribution is -2.43. The van der Waals surface area contributed by atoms with Crippen LogP contribution in [0.15, 0.2) is 11.4 Å². The molecule has 0 aromatic carbocycles. The van der Waals surface area contributed by atoms with Crippen molar-refractivity contribution in [2.45, 2.75) is 32.4 Å². The molecule has 2 heterocycles. The van der Waals surface area contributed by atoms with Crippen LogP contribution in [0.1, 0.15) is 35.0 Å². The first kappa shape index (κ1) is 14.0. The van der Waals surface area contributed by atoms with E-state index in [-0.39, 0.29) is 11.9 Å². The predicted molar refractivity (Wildman–Crippen MR) is 73.4 cm³/mol. The van der Waals surface area contributed by atoms with Gasteiger partial charge in [0.2, 0.25) is 5.91 Å². The molecule has 1 saturated heterocycles. The van der Waals surface area contributed by atoms with E-state index < -0.39 is 5.97 Å². The van der Waals surface area contributed by atoms with Crippen LogP contribution >= 0.6 is 11.3 Å². The number of carboxylic acids is 1. The van der Waals surface area contributed by atoms with E-state index >= 15 is 0 Å². The van der Waals surface area contributed by atoms with E-state index in [2.05, 4.69) is 10.2 Å². The van der Waals surface area contributed by atoms with Crippen LogP contribution in [0, 0.1) is 0 Å². The van der Waals surface area contributed by atoms with Crippen LogP contribution in [0.2, 0.25) is 0 Å². The number of carbonyl (C=O) groups is 2. The maximum absolute atomic E-state index is 11.0. The van der Waals surface area contributed by atoms with Crippen molar-refractivity contribution in [3.05, 3.63) is 21.9 Å². The van der Waals surface area contributed by atoms with Gasteiger partial charge in [0.05, 0.1) is 0 Å². The van der Waals surface area contributed by atoms with Crippen molar-refractivity contribution in [2.24, 2.45) is 0 Å². The topological polar surface area (TPSA) is 69.6 Å². The Bertz CT molecular complexity index is 464. The van der Waals surface area contributed by atoms with Gasteiger partial charge in [-0.3, -0.25) is 9.69 Å². The largest absolute Gasteiger partial charge is 0.477 e. The van der Waals surface area contributed by atoms with Gasteiger partial charge in [-0.2, -0.15) is 0 Å². The molecule has 6 heteroatoms. The van der Waals surface area contributed by atoms with Crippen molar-refractivity contribution >= 4 is 23.2 Å². The molecule has 0 spiro atoms. The Morgan fingerprint density at radius 1 is 1.47 bits per heavy atom. The number of carbonyl (C=O) groups excluding carboxylic acids is 1. The molecule has 0 unspecified atom stereocenters. The number of aromatic carboxylic acids is 1. The summed E-state index contributed by atoms with van der Waals surface area (Å²) in [6, 6.07) is 2.14. The summed E-state index contributed by atoms with van der Waals surface area (Å²) < 4.78 is 0. The van der Waals surface area contributed by atoms with Gasteiger partial charge in [0, 0.05) is 32.6 Å². The Morgan fingerprint density at radius 3 is 2.74 bits per heavy atom. The highest BCUT2D eigenvalue weighted by Gasteiger charge is 2.21. The highest BCUT2D eigenvalue weighted by Crippen LogP contribution is 2.20. The second kappa shape index (κ2) is 6.16. The first-order valence-electron chi connectivity index (χ1n) is 6.35. The molecule has 1 aliphatic rings. The molecule has 0 bridgehead atoms. The molecule has 0 aliphatic carbocycles. The molecule has 1 amide bonds. The number of nitrogens with one attached hydrogen (secondary N) is 1. The average molecular weight is 282 g/mol. The van der Waals surface area contributed by atoms with Crippen molar-refractivity contribution in [1.82, 2.24) is 10.2 Å². The maximum atomic E-state index is 11.0. The van der Waals surface area contributed by atoms with Gasteiger partial charge in [0.15, 0.2) is 0 Å². The van der Waals surface area contributed by atoms with Gasteiger partial charge in [-0.05, 0) is 29.9 Å². The predicted octanol–water partition coefficient (Wildman–Crippen LogP) is 1.55. The summed E-state index contributed by atoms with van der Waals surface area (Å²) in [4.78, 5) is 24.7. The van der Waals surface area contributed by atoms with E-state index in [1.807, 2.05) is 11.4 Å². The molecule has 1 aromatic heterocycles. The van der Waals surface area contributed by atoms with Crippen LogP contribution in [-0.2, 0) is 11.3 Å². The van der Waals surface area contributed by atoms with Crippen molar-refractivity contribution in [2.75, 3.05) is 13.1 Å². The minimum Gasteiger partial charge on any atom is -0.477 e. The number of rotatable bonds is 4. The molecule has 2 rings (SSSR count). The van der Waals surface area contributed by atoms with E-state index in [9.17, 15) is 9.59 Å². The Kier molecular flexibility index (Phi) is 4.55. The molecule has 1 aliphatic heterocycles. The second-order valence-corrected chi connectivity index (χ2v) is 5.75. The average Bonchev–Trinajstić information content (AvgIpc) is 2.79. The molecule has 0 saturated carbocycles. The van der Waals surface area contributed by atoms with Crippen molar-refractivity contribution in [1.29, 1.82) is 0 Å². The second-order valence-electron chi connectivity index (χ2n) is 4.83. The Hall–Kier alpha value is -1.40. The fourth-order valence-corrected chi connectivity index (χ4v) is 3.16. The summed E-state index contributed by atoms with van der Waals surface area (Å²) in [6.07, 6.45) is 1.85. The fourth-order valence-electron chi connectivity index (χ4n) is 2.41. The smallest absolute Gasteiger partial charge is 0.346 e. The number of hydrogen-bond donors (Lipinski definition) is 2. The number of hydrogen-bond acceptors (Lipinski definition) is 4. The lowest BCUT2D eigenvalue weighted by atomic mass is 10.0. The third kappa shape index (κ3) is 3.78. The van der Waals surface area contributed by atoms with E-state index in [0.717, 1.165) is 31.5 Å². The molecule has 1 fully saturated rings. The van der Waals surface area contributed by atoms with E-state index in [4.69, 9.17) is 5.11 Å². The normalized spacial score (nSPS) is 17.3. The van der Waals surface area contributed by atoms with E-state index in [0.29, 0.717) is 11.4 Å². The lowest BCUT2D eigenvalue weighted by Gasteiger charge is -2.32. The van der Waals surface area contributed by atoms with Gasteiger partial charge in [-0.1, -0.05) is 0 Å². The Morgan fingerprint density at radius 2 is 2.16 bits per heavy atom. The highest BCUT2D eigenvalue weighted by molar-refractivity contribution is 7.12. The van der Waals surface area contributed by atoms with Gasteiger partial charge in [-0.15, -0.1) is 11.3 Å². The highest BCUT2D eigenvalue weighted by atomic mass is 32.1. The van der Waals surface area contributed by atoms with Gasteiger partial charge in [-0.25, -0.2) is 4.79 Å². The van der Waals surface area contributed by atoms with Crippen molar-refractivity contribution in [3.8, 4) is 0 Å². The van der Waals surface area contributed by atoms with Gasteiger partial charge >= 0.3 is 5.97 Å². The summed E-state index contributed by atoms with van der Waals surface area (Å²) >= 11 is 1.27. The number of carboxylic acid groups (broad SMARTS) is 1. The zero-order valence-electron chi connectivity index (χ0n) is 10.9. The number of amides is 1.